The van der Waals surface area contributed by atoms with E-state index >= 15 is 0 Å². The van der Waals surface area contributed by atoms with Crippen LogP contribution in [0.15, 0.2) is 54.9 Å². The van der Waals surface area contributed by atoms with Crippen LogP contribution in [-0.4, -0.2) is 45.8 Å². The van der Waals surface area contributed by atoms with Gasteiger partial charge in [-0.15, -0.1) is 10.2 Å². The number of fused-ring (bicyclic) bond motifs is 3. The number of rotatable bonds is 2. The number of nitrogens with zero attached hydrogens (tertiary/aromatic N) is 6. The number of para-hydroxylation sites is 2. The van der Waals surface area contributed by atoms with Gasteiger partial charge >= 0.3 is 6.18 Å². The number of aromatic nitrogens is 4. The number of alkyl halides is 3. The first-order valence-electron chi connectivity index (χ1n) is 9.26. The summed E-state index contributed by atoms with van der Waals surface area (Å²) in [7, 11) is 0. The first kappa shape index (κ1) is 17.7. The van der Waals surface area contributed by atoms with Crippen LogP contribution in [0, 0.1) is 0 Å². The van der Waals surface area contributed by atoms with Crippen LogP contribution in [0.4, 0.5) is 24.7 Å². The van der Waals surface area contributed by atoms with Gasteiger partial charge in [0.25, 0.3) is 0 Å². The number of anilines is 2. The van der Waals surface area contributed by atoms with E-state index in [1.807, 2.05) is 33.6 Å². The zero-order valence-electron chi connectivity index (χ0n) is 15.3. The number of piperazine rings is 1. The highest BCUT2D eigenvalue weighted by molar-refractivity contribution is 5.83. The molecule has 9 heteroatoms. The van der Waals surface area contributed by atoms with Crippen molar-refractivity contribution in [3.63, 3.8) is 0 Å². The lowest BCUT2D eigenvalue weighted by Gasteiger charge is -2.37. The van der Waals surface area contributed by atoms with Crippen molar-refractivity contribution in [3.05, 3.63) is 60.4 Å². The fourth-order valence-electron chi connectivity index (χ4n) is 3.76. The SMILES string of the molecule is FC(F)(F)c1cccc(N2CCN(c3nc4ccccc4n4cnnc34)CC2)c1. The van der Waals surface area contributed by atoms with Gasteiger partial charge in [-0.05, 0) is 30.3 Å². The zero-order valence-corrected chi connectivity index (χ0v) is 15.3. The summed E-state index contributed by atoms with van der Waals surface area (Å²) >= 11 is 0. The number of hydrogen-bond donors (Lipinski definition) is 0. The van der Waals surface area contributed by atoms with Crippen molar-refractivity contribution in [2.45, 2.75) is 6.18 Å². The minimum absolute atomic E-state index is 0.582. The molecule has 5 rings (SSSR count). The van der Waals surface area contributed by atoms with Gasteiger partial charge in [-0.3, -0.25) is 4.40 Å². The zero-order chi connectivity index (χ0) is 20.0. The largest absolute Gasteiger partial charge is 0.416 e. The van der Waals surface area contributed by atoms with Crippen LogP contribution >= 0.6 is 0 Å². The molecule has 148 valence electrons. The van der Waals surface area contributed by atoms with Gasteiger partial charge in [-0.25, -0.2) is 4.98 Å². The predicted octanol–water partition coefficient (Wildman–Crippen LogP) is 3.62. The molecule has 2 aromatic heterocycles. The van der Waals surface area contributed by atoms with E-state index in [4.69, 9.17) is 4.98 Å². The summed E-state index contributed by atoms with van der Waals surface area (Å²) in [6, 6.07) is 13.3. The maximum atomic E-state index is 13.0. The van der Waals surface area contributed by atoms with Crippen molar-refractivity contribution < 1.29 is 13.2 Å². The third kappa shape index (κ3) is 3.12. The van der Waals surface area contributed by atoms with E-state index < -0.39 is 11.7 Å². The first-order chi connectivity index (χ1) is 14.0. The fourth-order valence-corrected chi connectivity index (χ4v) is 3.76. The van der Waals surface area contributed by atoms with Gasteiger partial charge in [-0.2, -0.15) is 13.2 Å². The van der Waals surface area contributed by atoms with Gasteiger partial charge in [0.05, 0.1) is 16.6 Å². The maximum absolute atomic E-state index is 13.0. The lowest BCUT2D eigenvalue weighted by molar-refractivity contribution is -0.137. The van der Waals surface area contributed by atoms with E-state index in [0.29, 0.717) is 37.5 Å². The summed E-state index contributed by atoms with van der Waals surface area (Å²) < 4.78 is 41.0. The van der Waals surface area contributed by atoms with Gasteiger partial charge in [0, 0.05) is 31.9 Å². The molecule has 1 fully saturated rings. The molecule has 0 N–H and O–H groups in total. The molecule has 0 unspecified atom stereocenters. The molecule has 0 saturated carbocycles. The average Bonchev–Trinajstić information content (AvgIpc) is 3.23. The Kier molecular flexibility index (Phi) is 4.04. The van der Waals surface area contributed by atoms with Crippen LogP contribution in [0.5, 0.6) is 0 Å². The Bertz CT molecular complexity index is 1180. The van der Waals surface area contributed by atoms with E-state index in [9.17, 15) is 13.2 Å². The van der Waals surface area contributed by atoms with Crippen molar-refractivity contribution in [1.29, 1.82) is 0 Å². The van der Waals surface area contributed by atoms with Gasteiger partial charge < -0.3 is 9.80 Å². The molecular formula is C20H17F3N6. The number of hydrogen-bond acceptors (Lipinski definition) is 5. The van der Waals surface area contributed by atoms with Crippen LogP contribution in [-0.2, 0) is 6.18 Å². The topological polar surface area (TPSA) is 49.6 Å². The molecule has 6 nitrogen and oxygen atoms in total. The molecule has 1 aliphatic rings. The Hall–Kier alpha value is -3.36. The highest BCUT2D eigenvalue weighted by atomic mass is 19.4. The Balaban J connectivity index is 1.42. The van der Waals surface area contributed by atoms with Crippen molar-refractivity contribution in [1.82, 2.24) is 19.6 Å². The van der Waals surface area contributed by atoms with Gasteiger partial charge in [0.1, 0.15) is 6.33 Å². The summed E-state index contributed by atoms with van der Waals surface area (Å²) in [6.45, 7) is 2.44. The molecule has 2 aromatic carbocycles. The van der Waals surface area contributed by atoms with Crippen LogP contribution in [0.3, 0.4) is 0 Å². The monoisotopic (exact) mass is 398 g/mol. The third-order valence-electron chi connectivity index (χ3n) is 5.23. The quantitative estimate of drug-likeness (QED) is 0.516. The first-order valence-corrected chi connectivity index (χ1v) is 9.26. The summed E-state index contributed by atoms with van der Waals surface area (Å²) in [4.78, 5) is 8.86. The second-order valence-corrected chi connectivity index (χ2v) is 6.97. The standard InChI is InChI=1S/C20H17F3N6/c21-20(22,23)14-4-3-5-15(12-14)27-8-10-28(11-9-27)18-19-26-24-13-29(19)17-7-2-1-6-16(17)25-18/h1-7,12-13H,8-11H2. The highest BCUT2D eigenvalue weighted by Crippen LogP contribution is 2.32. The minimum Gasteiger partial charge on any atom is -0.368 e. The van der Waals surface area contributed by atoms with Crippen molar-refractivity contribution in [2.75, 3.05) is 36.0 Å². The Morgan fingerprint density at radius 2 is 1.62 bits per heavy atom. The summed E-state index contributed by atoms with van der Waals surface area (Å²) in [5.74, 6) is 0.741. The number of halogens is 3. The van der Waals surface area contributed by atoms with Crippen molar-refractivity contribution >= 4 is 28.2 Å². The van der Waals surface area contributed by atoms with E-state index in [1.54, 1.807) is 12.4 Å². The fraction of sp³-hybridized carbons (Fsp3) is 0.250. The van der Waals surface area contributed by atoms with E-state index in [1.165, 1.54) is 12.1 Å². The molecule has 3 heterocycles. The number of benzene rings is 2. The Labute approximate surface area is 164 Å². The highest BCUT2D eigenvalue weighted by Gasteiger charge is 2.31. The molecule has 29 heavy (non-hydrogen) atoms. The molecule has 0 spiro atoms. The van der Waals surface area contributed by atoms with Crippen LogP contribution in [0.2, 0.25) is 0 Å². The lowest BCUT2D eigenvalue weighted by Crippen LogP contribution is -2.47. The summed E-state index contributed by atoms with van der Waals surface area (Å²) in [6.07, 6.45) is -2.67. The molecular weight excluding hydrogens is 381 g/mol. The normalized spacial score (nSPS) is 15.4. The molecule has 0 bridgehead atoms. The lowest BCUT2D eigenvalue weighted by atomic mass is 10.1. The molecule has 0 atom stereocenters. The third-order valence-corrected chi connectivity index (χ3v) is 5.23. The molecule has 4 aromatic rings. The summed E-state index contributed by atoms with van der Waals surface area (Å²) in [5, 5.41) is 8.26. The van der Waals surface area contributed by atoms with E-state index in [2.05, 4.69) is 15.1 Å². The van der Waals surface area contributed by atoms with Crippen molar-refractivity contribution in [2.24, 2.45) is 0 Å². The predicted molar refractivity (Wildman–Crippen MR) is 104 cm³/mol. The van der Waals surface area contributed by atoms with Crippen molar-refractivity contribution in [3.8, 4) is 0 Å². The van der Waals surface area contributed by atoms with Gasteiger partial charge in [0.2, 0.25) is 5.65 Å². The second kappa shape index (κ2) is 6.61. The molecule has 1 saturated heterocycles. The smallest absolute Gasteiger partial charge is 0.368 e. The van der Waals surface area contributed by atoms with E-state index in [-0.39, 0.29) is 0 Å². The second-order valence-electron chi connectivity index (χ2n) is 6.97. The summed E-state index contributed by atoms with van der Waals surface area (Å²) in [5.41, 5.74) is 2.41. The maximum Gasteiger partial charge on any atom is 0.416 e. The van der Waals surface area contributed by atoms with Crippen LogP contribution < -0.4 is 9.80 Å². The minimum atomic E-state index is -4.34. The van der Waals surface area contributed by atoms with Crippen LogP contribution in [0.25, 0.3) is 16.7 Å². The van der Waals surface area contributed by atoms with Crippen LogP contribution in [0.1, 0.15) is 5.56 Å². The van der Waals surface area contributed by atoms with E-state index in [0.717, 1.165) is 22.9 Å². The molecule has 0 radical (unpaired) electrons. The Morgan fingerprint density at radius 3 is 2.41 bits per heavy atom. The molecule has 0 aliphatic carbocycles. The molecule has 0 amide bonds. The van der Waals surface area contributed by atoms with Gasteiger partial charge in [-0.1, -0.05) is 18.2 Å². The molecule has 1 aliphatic heterocycles. The average molecular weight is 398 g/mol. The van der Waals surface area contributed by atoms with Gasteiger partial charge in [0.15, 0.2) is 5.82 Å². The Morgan fingerprint density at radius 1 is 0.862 bits per heavy atom.